The van der Waals surface area contributed by atoms with Crippen LogP contribution in [0.4, 0.5) is 13.2 Å². The number of rotatable bonds is 4. The first-order valence-corrected chi connectivity index (χ1v) is 13.5. The van der Waals surface area contributed by atoms with E-state index in [1.54, 1.807) is 12.1 Å². The molecule has 38 heavy (non-hydrogen) atoms. The number of hydrogen-bond acceptors (Lipinski definition) is 2. The van der Waals surface area contributed by atoms with Crippen LogP contribution in [0.5, 0.6) is 0 Å². The highest BCUT2D eigenvalue weighted by Crippen LogP contribution is 2.49. The molecule has 0 fully saturated rings. The summed E-state index contributed by atoms with van der Waals surface area (Å²) >= 11 is 1.16. The van der Waals surface area contributed by atoms with Crippen LogP contribution in [0.3, 0.4) is 0 Å². The molecule has 2 aromatic heterocycles. The molecule has 0 radical (unpaired) electrons. The third kappa shape index (κ3) is 5.39. The van der Waals surface area contributed by atoms with Gasteiger partial charge < -0.3 is 0 Å². The highest BCUT2D eigenvalue weighted by molar-refractivity contribution is 7.23. The third-order valence-corrected chi connectivity index (χ3v) is 7.81. The number of nitrogens with zero attached hydrogens (tertiary/aromatic N) is 1. The van der Waals surface area contributed by atoms with Gasteiger partial charge in [-0.3, -0.25) is 4.98 Å². The SMILES string of the molecule is Cc1cc(C)cc(-c2nccc3c(C(F)(F)F)c(-c4ccc(-c5ccc(CC(C)(C)C)cc5)cc4)sc23)c1. The van der Waals surface area contributed by atoms with E-state index < -0.39 is 11.7 Å². The lowest BCUT2D eigenvalue weighted by Crippen LogP contribution is -2.08. The van der Waals surface area contributed by atoms with Crippen molar-refractivity contribution in [3.8, 4) is 32.8 Å². The quantitative estimate of drug-likeness (QED) is 0.226. The van der Waals surface area contributed by atoms with E-state index >= 15 is 0 Å². The van der Waals surface area contributed by atoms with Gasteiger partial charge in [0.2, 0.25) is 0 Å². The molecule has 194 valence electrons. The summed E-state index contributed by atoms with van der Waals surface area (Å²) in [5.74, 6) is 0. The van der Waals surface area contributed by atoms with Gasteiger partial charge in [0.05, 0.1) is 16.0 Å². The zero-order valence-corrected chi connectivity index (χ0v) is 23.0. The van der Waals surface area contributed by atoms with Gasteiger partial charge in [-0.05, 0) is 66.1 Å². The van der Waals surface area contributed by atoms with Crippen molar-refractivity contribution >= 4 is 21.4 Å². The molecular formula is C33H30F3NS. The zero-order valence-electron chi connectivity index (χ0n) is 22.2. The van der Waals surface area contributed by atoms with Crippen LogP contribution in [0.15, 0.2) is 79.0 Å². The first-order chi connectivity index (χ1) is 17.9. The van der Waals surface area contributed by atoms with Crippen LogP contribution in [0, 0.1) is 19.3 Å². The molecule has 1 nitrogen and oxygen atoms in total. The molecule has 2 heterocycles. The molecule has 0 saturated heterocycles. The largest absolute Gasteiger partial charge is 0.418 e. The zero-order chi connectivity index (χ0) is 27.2. The fraction of sp³-hybridized carbons (Fsp3) is 0.242. The van der Waals surface area contributed by atoms with Crippen molar-refractivity contribution in [2.75, 3.05) is 0 Å². The second kappa shape index (κ2) is 9.70. The predicted molar refractivity (Wildman–Crippen MR) is 154 cm³/mol. The first-order valence-electron chi connectivity index (χ1n) is 12.7. The lowest BCUT2D eigenvalue weighted by atomic mass is 9.87. The van der Waals surface area contributed by atoms with Gasteiger partial charge in [-0.1, -0.05) is 86.5 Å². The van der Waals surface area contributed by atoms with Gasteiger partial charge in [-0.15, -0.1) is 11.3 Å². The third-order valence-electron chi connectivity index (χ3n) is 6.55. The van der Waals surface area contributed by atoms with E-state index in [2.05, 4.69) is 50.0 Å². The van der Waals surface area contributed by atoms with E-state index in [0.717, 1.165) is 45.6 Å². The standard InChI is InChI=1S/C33H30F3NS/c1-20-16-21(2)18-26(17-20)29-31-27(14-15-37-29)28(33(34,35)36)30(38-31)25-12-10-24(11-13-25)23-8-6-22(7-9-23)19-32(3,4)5/h6-18H,19H2,1-5H3. The second-order valence-corrected chi connectivity index (χ2v) is 12.2. The Morgan fingerprint density at radius 2 is 1.26 bits per heavy atom. The van der Waals surface area contributed by atoms with Gasteiger partial charge in [-0.25, -0.2) is 0 Å². The number of halogens is 3. The van der Waals surface area contributed by atoms with Crippen LogP contribution in [-0.4, -0.2) is 4.98 Å². The van der Waals surface area contributed by atoms with E-state index in [9.17, 15) is 13.2 Å². The maximum Gasteiger partial charge on any atom is 0.418 e. The molecule has 0 spiro atoms. The van der Waals surface area contributed by atoms with E-state index in [1.807, 2.05) is 44.2 Å². The van der Waals surface area contributed by atoms with E-state index in [1.165, 1.54) is 17.8 Å². The van der Waals surface area contributed by atoms with Gasteiger partial charge in [-0.2, -0.15) is 13.2 Å². The van der Waals surface area contributed by atoms with Gasteiger partial charge in [0.1, 0.15) is 0 Å². The number of pyridine rings is 1. The summed E-state index contributed by atoms with van der Waals surface area (Å²) in [6, 6.07) is 23.3. The Balaban J connectivity index is 1.57. The van der Waals surface area contributed by atoms with E-state index in [4.69, 9.17) is 0 Å². The Bertz CT molecular complexity index is 1580. The molecule has 5 heteroatoms. The van der Waals surface area contributed by atoms with Gasteiger partial charge in [0, 0.05) is 22.0 Å². The molecule has 0 N–H and O–H groups in total. The van der Waals surface area contributed by atoms with Crippen molar-refractivity contribution in [3.05, 3.63) is 101 Å². The molecule has 5 rings (SSSR count). The van der Waals surface area contributed by atoms with Crippen molar-refractivity contribution in [2.45, 2.75) is 47.2 Å². The van der Waals surface area contributed by atoms with Crippen molar-refractivity contribution in [1.82, 2.24) is 4.98 Å². The molecule has 0 atom stereocenters. The summed E-state index contributed by atoms with van der Waals surface area (Å²) in [6.07, 6.45) is -2.03. The molecule has 0 unspecified atom stereocenters. The van der Waals surface area contributed by atoms with Gasteiger partial charge >= 0.3 is 6.18 Å². The Kier molecular flexibility index (Phi) is 6.68. The number of fused-ring (bicyclic) bond motifs is 1. The van der Waals surface area contributed by atoms with Crippen LogP contribution in [0.2, 0.25) is 0 Å². The van der Waals surface area contributed by atoms with E-state index in [0.29, 0.717) is 16.0 Å². The lowest BCUT2D eigenvalue weighted by Gasteiger charge is -2.18. The Labute approximate surface area is 226 Å². The molecule has 3 aromatic carbocycles. The molecule has 0 aliphatic rings. The average Bonchev–Trinajstić information content (AvgIpc) is 3.23. The van der Waals surface area contributed by atoms with Crippen LogP contribution in [0.25, 0.3) is 42.9 Å². The normalized spacial score (nSPS) is 12.3. The van der Waals surface area contributed by atoms with Crippen LogP contribution in [0.1, 0.15) is 43.0 Å². The minimum atomic E-state index is -4.49. The lowest BCUT2D eigenvalue weighted by molar-refractivity contribution is -0.135. The number of hydrogen-bond donors (Lipinski definition) is 0. The molecule has 0 saturated carbocycles. The number of aromatic nitrogens is 1. The summed E-state index contributed by atoms with van der Waals surface area (Å²) in [4.78, 5) is 4.74. The topological polar surface area (TPSA) is 12.9 Å². The average molecular weight is 530 g/mol. The minimum Gasteiger partial charge on any atom is -0.255 e. The molecule has 0 bridgehead atoms. The summed E-state index contributed by atoms with van der Waals surface area (Å²) in [5.41, 5.74) is 6.97. The van der Waals surface area contributed by atoms with E-state index in [-0.39, 0.29) is 15.7 Å². The highest BCUT2D eigenvalue weighted by atomic mass is 32.1. The molecule has 0 aliphatic heterocycles. The summed E-state index contributed by atoms with van der Waals surface area (Å²) in [7, 11) is 0. The van der Waals surface area contributed by atoms with Crippen molar-refractivity contribution in [3.63, 3.8) is 0 Å². The first kappa shape index (κ1) is 26.2. The van der Waals surface area contributed by atoms with Crippen molar-refractivity contribution in [1.29, 1.82) is 0 Å². The number of benzene rings is 3. The Morgan fingerprint density at radius 1 is 0.711 bits per heavy atom. The van der Waals surface area contributed by atoms with Crippen LogP contribution >= 0.6 is 11.3 Å². The Hall–Kier alpha value is -3.44. The second-order valence-electron chi connectivity index (χ2n) is 11.2. The molecule has 0 aliphatic carbocycles. The number of aryl methyl sites for hydroxylation is 2. The fourth-order valence-corrected chi connectivity index (χ4v) is 6.40. The van der Waals surface area contributed by atoms with Gasteiger partial charge in [0.25, 0.3) is 0 Å². The smallest absolute Gasteiger partial charge is 0.255 e. The molecule has 5 aromatic rings. The monoisotopic (exact) mass is 529 g/mol. The highest BCUT2D eigenvalue weighted by Gasteiger charge is 2.38. The van der Waals surface area contributed by atoms with Crippen LogP contribution < -0.4 is 0 Å². The Morgan fingerprint density at radius 3 is 1.82 bits per heavy atom. The molecular weight excluding hydrogens is 499 g/mol. The van der Waals surface area contributed by atoms with Gasteiger partial charge in [0.15, 0.2) is 0 Å². The summed E-state index contributed by atoms with van der Waals surface area (Å²) < 4.78 is 43.9. The van der Waals surface area contributed by atoms with Crippen molar-refractivity contribution < 1.29 is 13.2 Å². The number of thiophene rings is 1. The molecule has 0 amide bonds. The fourth-order valence-electron chi connectivity index (χ4n) is 5.07. The maximum atomic E-state index is 14.4. The summed E-state index contributed by atoms with van der Waals surface area (Å²) in [6.45, 7) is 10.6. The van der Waals surface area contributed by atoms with Crippen molar-refractivity contribution in [2.24, 2.45) is 5.41 Å². The predicted octanol–water partition coefficient (Wildman–Crippen LogP) is 10.5. The van der Waals surface area contributed by atoms with Crippen LogP contribution in [-0.2, 0) is 12.6 Å². The minimum absolute atomic E-state index is 0.195. The maximum absolute atomic E-state index is 14.4. The summed E-state index contributed by atoms with van der Waals surface area (Å²) in [5, 5.41) is 0.195. The number of alkyl halides is 3.